The molecule has 0 spiro atoms. The average molecular weight is 223 g/mol. The zero-order valence-electron chi connectivity index (χ0n) is 11.0. The molecule has 1 heterocycles. The molecule has 0 bridgehead atoms. The monoisotopic (exact) mass is 223 g/mol. The first kappa shape index (κ1) is 13.2. The second kappa shape index (κ2) is 6.69. The van der Waals surface area contributed by atoms with Crippen LogP contribution in [0.2, 0.25) is 0 Å². The fourth-order valence-electron chi connectivity index (χ4n) is 2.21. The molecule has 92 valence electrons. The van der Waals surface area contributed by atoms with Crippen LogP contribution in [0.3, 0.4) is 0 Å². The van der Waals surface area contributed by atoms with E-state index in [2.05, 4.69) is 42.7 Å². The lowest BCUT2D eigenvalue weighted by Crippen LogP contribution is -2.30. The van der Waals surface area contributed by atoms with Crippen LogP contribution < -0.4 is 5.32 Å². The summed E-state index contributed by atoms with van der Waals surface area (Å²) in [4.78, 5) is 4.49. The van der Waals surface area contributed by atoms with Crippen molar-refractivity contribution in [3.8, 4) is 0 Å². The van der Waals surface area contributed by atoms with Crippen molar-refractivity contribution in [1.29, 1.82) is 0 Å². The first-order valence-corrected chi connectivity index (χ1v) is 6.45. The molecular weight excluding hydrogens is 198 g/mol. The summed E-state index contributed by atoms with van der Waals surface area (Å²) in [5.74, 6) is 1.84. The van der Waals surface area contributed by atoms with Crippen LogP contribution in [0.25, 0.3) is 0 Å². The molecule has 0 fully saturated rings. The molecule has 0 aliphatic carbocycles. The van der Waals surface area contributed by atoms with E-state index in [-0.39, 0.29) is 0 Å². The lowest BCUT2D eigenvalue weighted by molar-refractivity contribution is 0.323. The van der Waals surface area contributed by atoms with E-state index in [0.29, 0.717) is 12.0 Å². The Morgan fingerprint density at radius 1 is 1.31 bits per heavy atom. The smallest absolute Gasteiger partial charge is 0.125 e. The SMILES string of the molecule is CCCNC(c1nccn1C)C(CC)CC. The molecule has 16 heavy (non-hydrogen) atoms. The Morgan fingerprint density at radius 2 is 2.00 bits per heavy atom. The third kappa shape index (κ3) is 3.08. The Balaban J connectivity index is 2.82. The van der Waals surface area contributed by atoms with Crippen molar-refractivity contribution < 1.29 is 0 Å². The van der Waals surface area contributed by atoms with E-state index in [4.69, 9.17) is 0 Å². The van der Waals surface area contributed by atoms with Gasteiger partial charge in [-0.05, 0) is 18.9 Å². The van der Waals surface area contributed by atoms with E-state index in [1.54, 1.807) is 0 Å². The summed E-state index contributed by atoms with van der Waals surface area (Å²) >= 11 is 0. The van der Waals surface area contributed by atoms with E-state index in [1.807, 2.05) is 12.4 Å². The Hall–Kier alpha value is -0.830. The molecule has 1 atom stereocenters. The number of nitrogens with zero attached hydrogens (tertiary/aromatic N) is 2. The zero-order chi connectivity index (χ0) is 12.0. The van der Waals surface area contributed by atoms with Crippen LogP contribution in [0.15, 0.2) is 12.4 Å². The molecule has 1 N–H and O–H groups in total. The molecule has 1 aromatic rings. The fraction of sp³-hybridized carbons (Fsp3) is 0.769. The maximum Gasteiger partial charge on any atom is 0.125 e. The lowest BCUT2D eigenvalue weighted by Gasteiger charge is -2.26. The van der Waals surface area contributed by atoms with Gasteiger partial charge in [0, 0.05) is 19.4 Å². The predicted octanol–water partition coefficient (Wildman–Crippen LogP) is 2.90. The Bertz CT molecular complexity index is 289. The Kier molecular flexibility index (Phi) is 5.53. The number of aromatic nitrogens is 2. The molecule has 3 nitrogen and oxygen atoms in total. The van der Waals surface area contributed by atoms with Crippen LogP contribution in [-0.2, 0) is 7.05 Å². The van der Waals surface area contributed by atoms with E-state index in [9.17, 15) is 0 Å². The second-order valence-electron chi connectivity index (χ2n) is 4.40. The molecule has 0 radical (unpaired) electrons. The molecule has 1 aromatic heterocycles. The van der Waals surface area contributed by atoms with Crippen molar-refractivity contribution in [2.24, 2.45) is 13.0 Å². The summed E-state index contributed by atoms with van der Waals surface area (Å²) in [6.45, 7) is 7.79. The Labute approximate surface area is 99.3 Å². The third-order valence-electron chi connectivity index (χ3n) is 3.27. The van der Waals surface area contributed by atoms with E-state index < -0.39 is 0 Å². The standard InChI is InChI=1S/C13H25N3/c1-5-8-14-12(11(6-2)7-3)13-15-9-10-16(13)4/h9-12,14H,5-8H2,1-4H3. The topological polar surface area (TPSA) is 29.9 Å². The van der Waals surface area contributed by atoms with Crippen molar-refractivity contribution >= 4 is 0 Å². The number of aryl methyl sites for hydroxylation is 1. The van der Waals surface area contributed by atoms with Gasteiger partial charge in [0.2, 0.25) is 0 Å². The van der Waals surface area contributed by atoms with Crippen LogP contribution in [0.5, 0.6) is 0 Å². The van der Waals surface area contributed by atoms with Crippen molar-refractivity contribution in [3.63, 3.8) is 0 Å². The van der Waals surface area contributed by atoms with Crippen LogP contribution in [0.4, 0.5) is 0 Å². The van der Waals surface area contributed by atoms with Gasteiger partial charge in [0.05, 0.1) is 6.04 Å². The molecule has 0 aliphatic heterocycles. The molecule has 0 aliphatic rings. The highest BCUT2D eigenvalue weighted by molar-refractivity contribution is 5.00. The molecule has 0 saturated heterocycles. The number of nitrogens with one attached hydrogen (secondary N) is 1. The number of imidazole rings is 1. The quantitative estimate of drug-likeness (QED) is 0.770. The summed E-state index contributed by atoms with van der Waals surface area (Å²) in [5.41, 5.74) is 0. The van der Waals surface area contributed by atoms with Crippen molar-refractivity contribution in [2.75, 3.05) is 6.54 Å². The molecular formula is C13H25N3. The van der Waals surface area contributed by atoms with Gasteiger partial charge in [-0.25, -0.2) is 4.98 Å². The third-order valence-corrected chi connectivity index (χ3v) is 3.27. The van der Waals surface area contributed by atoms with E-state index in [0.717, 1.165) is 6.54 Å². The molecule has 0 saturated carbocycles. The second-order valence-corrected chi connectivity index (χ2v) is 4.40. The summed E-state index contributed by atoms with van der Waals surface area (Å²) < 4.78 is 2.13. The minimum Gasteiger partial charge on any atom is -0.337 e. The van der Waals surface area contributed by atoms with Gasteiger partial charge in [-0.2, -0.15) is 0 Å². The van der Waals surface area contributed by atoms with E-state index >= 15 is 0 Å². The zero-order valence-corrected chi connectivity index (χ0v) is 11.0. The summed E-state index contributed by atoms with van der Waals surface area (Å²) in [6, 6.07) is 0.398. The molecule has 0 amide bonds. The summed E-state index contributed by atoms with van der Waals surface area (Å²) in [7, 11) is 2.07. The molecule has 0 aromatic carbocycles. The van der Waals surface area contributed by atoms with Crippen LogP contribution in [-0.4, -0.2) is 16.1 Å². The van der Waals surface area contributed by atoms with Crippen molar-refractivity contribution in [1.82, 2.24) is 14.9 Å². The maximum atomic E-state index is 4.49. The number of hydrogen-bond donors (Lipinski definition) is 1. The Morgan fingerprint density at radius 3 is 2.44 bits per heavy atom. The van der Waals surface area contributed by atoms with Gasteiger partial charge in [-0.1, -0.05) is 33.6 Å². The molecule has 3 heteroatoms. The van der Waals surface area contributed by atoms with Gasteiger partial charge < -0.3 is 9.88 Å². The van der Waals surface area contributed by atoms with Crippen LogP contribution in [0.1, 0.15) is 51.9 Å². The number of hydrogen-bond acceptors (Lipinski definition) is 2. The summed E-state index contributed by atoms with van der Waals surface area (Å²) in [6.07, 6.45) is 7.48. The maximum absolute atomic E-state index is 4.49. The predicted molar refractivity (Wildman–Crippen MR) is 68.3 cm³/mol. The fourth-order valence-corrected chi connectivity index (χ4v) is 2.21. The highest BCUT2D eigenvalue weighted by Gasteiger charge is 2.22. The van der Waals surface area contributed by atoms with Gasteiger partial charge in [0.15, 0.2) is 0 Å². The summed E-state index contributed by atoms with van der Waals surface area (Å²) in [5, 5.41) is 3.63. The highest BCUT2D eigenvalue weighted by Crippen LogP contribution is 2.25. The van der Waals surface area contributed by atoms with Crippen LogP contribution >= 0.6 is 0 Å². The number of rotatable bonds is 7. The van der Waals surface area contributed by atoms with Gasteiger partial charge in [-0.3, -0.25) is 0 Å². The molecule has 1 rings (SSSR count). The minimum absolute atomic E-state index is 0.398. The largest absolute Gasteiger partial charge is 0.337 e. The lowest BCUT2D eigenvalue weighted by atomic mass is 9.93. The minimum atomic E-state index is 0.398. The highest BCUT2D eigenvalue weighted by atomic mass is 15.1. The van der Waals surface area contributed by atoms with Crippen molar-refractivity contribution in [3.05, 3.63) is 18.2 Å². The average Bonchev–Trinajstić information content (AvgIpc) is 2.71. The first-order valence-electron chi connectivity index (χ1n) is 6.45. The normalized spacial score (nSPS) is 13.3. The van der Waals surface area contributed by atoms with E-state index in [1.165, 1.54) is 25.1 Å². The van der Waals surface area contributed by atoms with Gasteiger partial charge in [0.25, 0.3) is 0 Å². The van der Waals surface area contributed by atoms with Gasteiger partial charge in [0.1, 0.15) is 5.82 Å². The van der Waals surface area contributed by atoms with Gasteiger partial charge >= 0.3 is 0 Å². The van der Waals surface area contributed by atoms with Crippen molar-refractivity contribution in [2.45, 2.75) is 46.1 Å². The van der Waals surface area contributed by atoms with Crippen LogP contribution in [0, 0.1) is 5.92 Å². The molecule has 1 unspecified atom stereocenters. The first-order chi connectivity index (χ1) is 7.74. The van der Waals surface area contributed by atoms with Gasteiger partial charge in [-0.15, -0.1) is 0 Å².